The number of aromatic nitrogens is 2. The third-order valence-electron chi connectivity index (χ3n) is 25.3. The second kappa shape index (κ2) is 46.2. The molecule has 2 aromatic heterocycles. The number of nitrogens with zero attached hydrogens (tertiary/aromatic N) is 2. The van der Waals surface area contributed by atoms with Crippen molar-refractivity contribution >= 4 is 219 Å². The number of para-hydroxylation sites is 2. The summed E-state index contributed by atoms with van der Waals surface area (Å²) in [6.07, 6.45) is 0. The van der Waals surface area contributed by atoms with Crippen LogP contribution in [0.2, 0.25) is 0 Å². The molecule has 0 unspecified atom stereocenters. The molecule has 2 heterocycles. The van der Waals surface area contributed by atoms with Crippen LogP contribution in [-0.2, 0) is 20.4 Å². The molecule has 0 saturated carbocycles. The molecule has 0 atom stereocenters. The van der Waals surface area contributed by atoms with Crippen molar-refractivity contribution in [1.29, 1.82) is 0 Å². The first-order valence-corrected chi connectivity index (χ1v) is 54.6. The van der Waals surface area contributed by atoms with Crippen molar-refractivity contribution in [3.8, 4) is 27.4 Å². The fourth-order valence-electron chi connectivity index (χ4n) is 18.9. The van der Waals surface area contributed by atoms with Crippen molar-refractivity contribution in [2.75, 3.05) is 0 Å². The molecule has 2 nitrogen and oxygen atoms in total. The fourth-order valence-corrected chi connectivity index (χ4v) is 29.4. The van der Waals surface area contributed by atoms with E-state index in [1.165, 1.54) is 166 Å². The minimum atomic E-state index is -0.446. The molecular formula is C133H99BrN2P4PdS. The molecule has 0 bridgehead atoms. The number of halogens is 1. The summed E-state index contributed by atoms with van der Waals surface area (Å²) in [7, 11) is -1.78. The van der Waals surface area contributed by atoms with Gasteiger partial charge in [-0.3, -0.25) is 0 Å². The third-order valence-corrected chi connectivity index (χ3v) is 36.6. The molecular weight excluding hydrogens is 1970 g/mol. The summed E-state index contributed by atoms with van der Waals surface area (Å²) in [5.41, 5.74) is 8.20. The zero-order valence-corrected chi connectivity index (χ0v) is 85.3. The van der Waals surface area contributed by atoms with Crippen LogP contribution in [0.15, 0.2) is 593 Å². The molecule has 684 valence electrons. The molecule has 0 saturated heterocycles. The molecule has 0 N–H and O–H groups in total. The maximum Gasteiger partial charge on any atom is 0.124 e. The van der Waals surface area contributed by atoms with Crippen molar-refractivity contribution in [3.63, 3.8) is 0 Å². The molecule has 0 aliphatic rings. The van der Waals surface area contributed by atoms with E-state index in [1.807, 2.05) is 6.07 Å². The van der Waals surface area contributed by atoms with Crippen LogP contribution in [0.3, 0.4) is 0 Å². The Balaban J connectivity index is 0.000000114. The molecule has 0 spiro atoms. The summed E-state index contributed by atoms with van der Waals surface area (Å²) < 4.78 is 4.73. The molecule has 0 fully saturated rings. The van der Waals surface area contributed by atoms with Crippen LogP contribution >= 0.6 is 59.0 Å². The summed E-state index contributed by atoms with van der Waals surface area (Å²) >= 11 is 5.32. The number of hydrogen-bond donors (Lipinski definition) is 0. The summed E-state index contributed by atoms with van der Waals surface area (Å²) in [4.78, 5) is 4.88. The van der Waals surface area contributed by atoms with Crippen LogP contribution < -0.4 is 63.7 Å². The first-order valence-electron chi connectivity index (χ1n) is 47.6. The van der Waals surface area contributed by atoms with E-state index in [9.17, 15) is 0 Å². The monoisotopic (exact) mass is 2070 g/mol. The number of thiazole rings is 1. The number of fused-ring (bicyclic) bond motifs is 16. The molecule has 24 aromatic carbocycles. The predicted octanol–water partition coefficient (Wildman–Crippen LogP) is 32.1. The summed E-state index contributed by atoms with van der Waals surface area (Å²) in [6.45, 7) is 0. The maximum atomic E-state index is 4.88. The molecule has 26 rings (SSSR count). The maximum absolute atomic E-state index is 4.88. The fraction of sp³-hybridized carbons (Fsp3) is 0. The Hall–Kier alpha value is -14.6. The van der Waals surface area contributed by atoms with Gasteiger partial charge in [-0.25, -0.2) is 4.98 Å². The largest absolute Gasteiger partial charge is 0.309 e. The van der Waals surface area contributed by atoms with Crippen LogP contribution in [-0.4, -0.2) is 9.55 Å². The van der Waals surface area contributed by atoms with Crippen molar-refractivity contribution < 1.29 is 21.8 Å². The van der Waals surface area contributed by atoms with Gasteiger partial charge in [-0.15, -0.1) is 11.3 Å². The van der Waals surface area contributed by atoms with Crippen LogP contribution in [0, 0.1) is 0 Å². The summed E-state index contributed by atoms with van der Waals surface area (Å²) in [6, 6.07) is 210. The van der Waals surface area contributed by atoms with Gasteiger partial charge in [-0.1, -0.05) is 532 Å². The van der Waals surface area contributed by atoms with Gasteiger partial charge in [-0.2, -0.15) is 0 Å². The number of rotatable bonds is 15. The first-order chi connectivity index (χ1) is 69.9. The zero-order valence-electron chi connectivity index (χ0n) is 77.8. The zero-order chi connectivity index (χ0) is 94.7. The number of benzene rings is 24. The van der Waals surface area contributed by atoms with Gasteiger partial charge in [0.25, 0.3) is 0 Å². The standard InChI is InChI=1S/C43H26N2S.C18H11Br.4C18H15P.Pd.H2/c1-2-11-33-31(9-1)32-10-3-4-12-34(32)37-25-28(19-23-35(33)37)29-20-24-41-38(26-29)36-13-5-7-15-40(36)45(41)30-21-17-27(18-22-30)43-44-39-14-6-8-16-42(39)46-43;19-12-9-10-17-15-7-2-1-5-13(15)14-6-3-4-8-16(14)18(17)11-12;4*1-4-10-16(11-5-1)19(17-12-6-2-7-13-17)18-14-8-3-9-15-18;;/h1-26H;1-11H;4*1-15H;;1H/i;;;;;;;1+1. The Bertz CT molecular complexity index is 7710. The molecule has 26 aromatic rings. The molecule has 0 amide bonds. The van der Waals surface area contributed by atoms with Crippen molar-refractivity contribution in [2.24, 2.45) is 0 Å². The summed E-state index contributed by atoms with van der Waals surface area (Å²) in [5, 5.41) is 36.1. The van der Waals surface area contributed by atoms with Gasteiger partial charge in [0.15, 0.2) is 0 Å². The van der Waals surface area contributed by atoms with Crippen molar-refractivity contribution in [1.82, 2.24) is 9.55 Å². The van der Waals surface area contributed by atoms with E-state index in [-0.39, 0.29) is 21.8 Å². The first kappa shape index (κ1) is 95.0. The summed E-state index contributed by atoms with van der Waals surface area (Å²) in [5.74, 6) is 0. The van der Waals surface area contributed by atoms with Crippen LogP contribution in [0.1, 0.15) is 1.43 Å². The van der Waals surface area contributed by atoms with E-state index in [2.05, 4.69) is 603 Å². The Labute approximate surface area is 863 Å². The van der Waals surface area contributed by atoms with Crippen LogP contribution in [0.25, 0.3) is 124 Å². The Morgan fingerprint density at radius 1 is 0.183 bits per heavy atom. The second-order valence-electron chi connectivity index (χ2n) is 34.1. The van der Waals surface area contributed by atoms with Gasteiger partial charge in [0.1, 0.15) is 5.01 Å². The smallest absolute Gasteiger partial charge is 0.124 e. The van der Waals surface area contributed by atoms with Gasteiger partial charge >= 0.3 is 0 Å². The van der Waals surface area contributed by atoms with Crippen LogP contribution in [0.4, 0.5) is 0 Å². The average Bonchev–Trinajstić information content (AvgIpc) is 1.73. The van der Waals surface area contributed by atoms with Crippen molar-refractivity contribution in [2.45, 2.75) is 0 Å². The molecule has 0 aliphatic carbocycles. The van der Waals surface area contributed by atoms with E-state index < -0.39 is 31.7 Å². The number of hydrogen-bond acceptors (Lipinski definition) is 2. The third kappa shape index (κ3) is 21.5. The van der Waals surface area contributed by atoms with E-state index in [1.54, 1.807) is 11.3 Å². The van der Waals surface area contributed by atoms with E-state index in [4.69, 9.17) is 4.98 Å². The quantitative estimate of drug-likeness (QED) is 0.0568. The topological polar surface area (TPSA) is 17.8 Å². The van der Waals surface area contributed by atoms with Gasteiger partial charge in [0, 0.05) is 48.3 Å². The second-order valence-corrected chi connectivity index (χ2v) is 44.9. The Morgan fingerprint density at radius 3 is 0.704 bits per heavy atom. The van der Waals surface area contributed by atoms with E-state index in [0.717, 1.165) is 26.2 Å². The van der Waals surface area contributed by atoms with Gasteiger partial charge in [-0.05, 0) is 244 Å². The Kier molecular flexibility index (Phi) is 30.9. The SMILES string of the molecule is Brc1ccc2c3ccccc3c3ccccc3c2c1.[2HH].[Pd].c1ccc(P(c2ccccc2)c2ccccc2)cc1.c1ccc(P(c2ccccc2)c2ccccc2)cc1.c1ccc(P(c2ccccc2)c2ccccc2)cc1.c1ccc(P(c2ccccc2)c2ccccc2)cc1.c1ccc2sc(-c3ccc(-n4c5ccccc5c5cc(-c6ccc7c8ccccc8c8ccccc8c7c6)ccc54)cc3)nc2c1. The normalized spacial score (nSPS) is 11.0. The van der Waals surface area contributed by atoms with Crippen LogP contribution in [0.5, 0.6) is 0 Å². The average molecular weight is 2070 g/mol. The van der Waals surface area contributed by atoms with Gasteiger partial charge in [0.05, 0.1) is 21.3 Å². The van der Waals surface area contributed by atoms with E-state index in [0.29, 0.717) is 0 Å². The van der Waals surface area contributed by atoms with Crippen molar-refractivity contribution in [3.05, 3.63) is 593 Å². The molecule has 0 radical (unpaired) electrons. The minimum absolute atomic E-state index is 0. The Morgan fingerprint density at radius 2 is 0.401 bits per heavy atom. The predicted molar refractivity (Wildman–Crippen MR) is 627 cm³/mol. The van der Waals surface area contributed by atoms with Gasteiger partial charge in [0.2, 0.25) is 0 Å². The molecule has 142 heavy (non-hydrogen) atoms. The molecule has 0 aliphatic heterocycles. The van der Waals surface area contributed by atoms with Gasteiger partial charge < -0.3 is 4.57 Å². The molecule has 9 heteroatoms. The minimum Gasteiger partial charge on any atom is -0.309 e. The van der Waals surface area contributed by atoms with E-state index >= 15 is 0 Å².